The van der Waals surface area contributed by atoms with Crippen LogP contribution in [0, 0.1) is 11.3 Å². The highest BCUT2D eigenvalue weighted by Crippen LogP contribution is 2.58. The van der Waals surface area contributed by atoms with Crippen molar-refractivity contribution in [3.8, 4) is 0 Å². The number of hydrogen-bond acceptors (Lipinski definition) is 4. The van der Waals surface area contributed by atoms with Crippen molar-refractivity contribution in [3.05, 3.63) is 34.6 Å². The zero-order chi connectivity index (χ0) is 17.9. The molecule has 0 bridgehead atoms. The van der Waals surface area contributed by atoms with E-state index in [1.54, 1.807) is 0 Å². The Morgan fingerprint density at radius 3 is 2.27 bits per heavy atom. The molecule has 0 unspecified atom stereocenters. The Bertz CT molecular complexity index is 786. The van der Waals surface area contributed by atoms with Gasteiger partial charge in [-0.3, -0.25) is 14.4 Å². The molecule has 0 aromatic heterocycles. The quantitative estimate of drug-likeness (QED) is 0.623. The van der Waals surface area contributed by atoms with Gasteiger partial charge >= 0.3 is 0 Å². The van der Waals surface area contributed by atoms with Crippen molar-refractivity contribution in [1.29, 1.82) is 0 Å². The normalized spacial score (nSPS) is 33.0. The van der Waals surface area contributed by atoms with Crippen LogP contribution in [0.1, 0.15) is 64.2 Å². The third kappa shape index (κ3) is 1.99. The molecule has 0 saturated heterocycles. The molecule has 0 aromatic carbocycles. The fraction of sp³-hybridized carbons (Fsp3) is 0.591. The van der Waals surface area contributed by atoms with E-state index in [2.05, 4.69) is 6.08 Å². The summed E-state index contributed by atoms with van der Waals surface area (Å²) in [6, 6.07) is 0. The van der Waals surface area contributed by atoms with Crippen LogP contribution in [0.25, 0.3) is 0 Å². The first-order valence-corrected chi connectivity index (χ1v) is 10.0. The average molecular weight is 352 g/mol. The molecule has 4 aliphatic carbocycles. The van der Waals surface area contributed by atoms with Crippen molar-refractivity contribution < 1.29 is 19.1 Å². The van der Waals surface area contributed by atoms with Gasteiger partial charge in [-0.1, -0.05) is 11.6 Å². The number of ether oxygens (including phenoxy) is 1. The maximum atomic E-state index is 13.4. The van der Waals surface area contributed by atoms with Crippen LogP contribution < -0.4 is 0 Å². The summed E-state index contributed by atoms with van der Waals surface area (Å²) in [6.07, 6.45) is 11.4. The van der Waals surface area contributed by atoms with Crippen molar-refractivity contribution in [2.45, 2.75) is 70.3 Å². The smallest absolute Gasteiger partial charge is 0.163 e. The molecule has 4 nitrogen and oxygen atoms in total. The SMILES string of the molecule is O=C1CCCC2=C1C1(C(=O)CCCC1=O)[C@@H]1C(=C3CCCC3)C=C[C@@H]1O2. The van der Waals surface area contributed by atoms with Crippen molar-refractivity contribution >= 4 is 17.3 Å². The van der Waals surface area contributed by atoms with Gasteiger partial charge in [0.2, 0.25) is 0 Å². The van der Waals surface area contributed by atoms with Crippen LogP contribution in [-0.4, -0.2) is 23.5 Å². The molecule has 26 heavy (non-hydrogen) atoms. The summed E-state index contributed by atoms with van der Waals surface area (Å²) in [4.78, 5) is 39.7. The summed E-state index contributed by atoms with van der Waals surface area (Å²) in [7, 11) is 0. The fourth-order valence-corrected chi connectivity index (χ4v) is 5.88. The van der Waals surface area contributed by atoms with Gasteiger partial charge in [-0.05, 0) is 50.2 Å². The number of hydrogen-bond donors (Lipinski definition) is 0. The van der Waals surface area contributed by atoms with E-state index in [-0.39, 0.29) is 29.4 Å². The van der Waals surface area contributed by atoms with E-state index in [9.17, 15) is 14.4 Å². The monoisotopic (exact) mass is 352 g/mol. The predicted octanol–water partition coefficient (Wildman–Crippen LogP) is 3.76. The zero-order valence-corrected chi connectivity index (χ0v) is 15.0. The Labute approximate surface area is 153 Å². The minimum atomic E-state index is -1.28. The van der Waals surface area contributed by atoms with Crippen molar-refractivity contribution in [3.63, 3.8) is 0 Å². The average Bonchev–Trinajstić information content (AvgIpc) is 3.28. The molecule has 4 heteroatoms. The first-order valence-electron chi connectivity index (χ1n) is 10.0. The van der Waals surface area contributed by atoms with Gasteiger partial charge in [-0.2, -0.15) is 0 Å². The van der Waals surface area contributed by atoms with Gasteiger partial charge in [0, 0.05) is 31.6 Å². The van der Waals surface area contributed by atoms with E-state index < -0.39 is 5.41 Å². The lowest BCUT2D eigenvalue weighted by molar-refractivity contribution is -0.151. The second kappa shape index (κ2) is 5.77. The maximum absolute atomic E-state index is 13.4. The minimum absolute atomic E-state index is 0.0454. The van der Waals surface area contributed by atoms with Gasteiger partial charge in [0.15, 0.2) is 17.3 Å². The van der Waals surface area contributed by atoms with Crippen LogP contribution >= 0.6 is 0 Å². The summed E-state index contributed by atoms with van der Waals surface area (Å²) in [5.41, 5.74) is 1.62. The highest BCUT2D eigenvalue weighted by molar-refractivity contribution is 6.20. The minimum Gasteiger partial charge on any atom is -0.490 e. The first kappa shape index (κ1) is 16.2. The van der Waals surface area contributed by atoms with E-state index >= 15 is 0 Å². The standard InChI is InChI=1S/C22H24O4/c23-15-7-3-8-16-21(15)22(18(24)9-4-10-19(22)25)20-14(11-12-17(20)26-16)13-5-1-2-6-13/h11-12,17,20H,1-10H2/t17-,20+/m0/s1. The molecule has 2 fully saturated rings. The first-order chi connectivity index (χ1) is 12.6. The Morgan fingerprint density at radius 1 is 0.846 bits per heavy atom. The lowest BCUT2D eigenvalue weighted by Gasteiger charge is -2.48. The van der Waals surface area contributed by atoms with E-state index in [0.717, 1.165) is 37.7 Å². The second-order valence-electron chi connectivity index (χ2n) is 8.27. The van der Waals surface area contributed by atoms with Gasteiger partial charge in [0.1, 0.15) is 17.3 Å². The summed E-state index contributed by atoms with van der Waals surface area (Å²) in [5.74, 6) is 0.158. The summed E-state index contributed by atoms with van der Waals surface area (Å²) >= 11 is 0. The van der Waals surface area contributed by atoms with E-state index in [4.69, 9.17) is 4.74 Å². The van der Waals surface area contributed by atoms with Gasteiger partial charge < -0.3 is 4.74 Å². The van der Waals surface area contributed by atoms with Crippen LogP contribution in [0.3, 0.4) is 0 Å². The lowest BCUT2D eigenvalue weighted by Crippen LogP contribution is -2.57. The topological polar surface area (TPSA) is 60.4 Å². The van der Waals surface area contributed by atoms with Gasteiger partial charge in [0.25, 0.3) is 0 Å². The third-order valence-corrected chi connectivity index (χ3v) is 6.94. The van der Waals surface area contributed by atoms with Crippen molar-refractivity contribution in [2.75, 3.05) is 0 Å². The summed E-state index contributed by atoms with van der Waals surface area (Å²) < 4.78 is 6.23. The number of rotatable bonds is 0. The molecule has 0 N–H and O–H groups in total. The van der Waals surface area contributed by atoms with Crippen LogP contribution in [0.4, 0.5) is 0 Å². The Balaban J connectivity index is 1.77. The molecule has 0 amide bonds. The molecule has 1 aliphatic heterocycles. The fourth-order valence-electron chi connectivity index (χ4n) is 5.88. The molecular formula is C22H24O4. The molecule has 0 radical (unpaired) electrons. The molecule has 5 rings (SSSR count). The number of allylic oxidation sites excluding steroid dienone is 4. The Hall–Kier alpha value is -1.97. The Kier molecular flexibility index (Phi) is 3.60. The Morgan fingerprint density at radius 2 is 1.54 bits per heavy atom. The molecular weight excluding hydrogens is 328 g/mol. The lowest BCUT2D eigenvalue weighted by atomic mass is 9.54. The number of carbonyl (C=O) groups is 3. The van der Waals surface area contributed by atoms with Crippen molar-refractivity contribution in [1.82, 2.24) is 0 Å². The van der Waals surface area contributed by atoms with Crippen LogP contribution in [0.15, 0.2) is 34.6 Å². The van der Waals surface area contributed by atoms with Crippen molar-refractivity contribution in [2.24, 2.45) is 11.3 Å². The molecule has 136 valence electrons. The number of carbonyl (C=O) groups excluding carboxylic acids is 3. The predicted molar refractivity (Wildman–Crippen MR) is 95.2 cm³/mol. The highest BCUT2D eigenvalue weighted by atomic mass is 16.5. The summed E-state index contributed by atoms with van der Waals surface area (Å²) in [6.45, 7) is 0. The molecule has 1 spiro atoms. The number of ketones is 3. The molecule has 1 heterocycles. The van der Waals surface area contributed by atoms with Crippen LogP contribution in [0.2, 0.25) is 0 Å². The van der Waals surface area contributed by atoms with Gasteiger partial charge in [-0.15, -0.1) is 0 Å². The molecule has 5 aliphatic rings. The van der Waals surface area contributed by atoms with E-state index in [1.165, 1.54) is 5.57 Å². The van der Waals surface area contributed by atoms with E-state index in [0.29, 0.717) is 43.4 Å². The molecule has 0 aromatic rings. The number of fused-ring (bicyclic) bond motifs is 3. The largest absolute Gasteiger partial charge is 0.490 e. The zero-order valence-electron chi connectivity index (χ0n) is 15.0. The molecule has 2 atom stereocenters. The summed E-state index contributed by atoms with van der Waals surface area (Å²) in [5, 5.41) is 0. The van der Waals surface area contributed by atoms with Gasteiger partial charge in [-0.25, -0.2) is 0 Å². The third-order valence-electron chi connectivity index (χ3n) is 6.94. The van der Waals surface area contributed by atoms with Crippen LogP contribution in [-0.2, 0) is 19.1 Å². The highest BCUT2D eigenvalue weighted by Gasteiger charge is 2.64. The van der Waals surface area contributed by atoms with Crippen LogP contribution in [0.5, 0.6) is 0 Å². The van der Waals surface area contributed by atoms with Gasteiger partial charge in [0.05, 0.1) is 5.57 Å². The van der Waals surface area contributed by atoms with E-state index in [1.807, 2.05) is 6.08 Å². The molecule has 2 saturated carbocycles. The second-order valence-corrected chi connectivity index (χ2v) is 8.27. The maximum Gasteiger partial charge on any atom is 0.163 e. The number of Topliss-reactive ketones (excluding diaryl/α,β-unsaturated/α-hetero) is 3.